The molecule has 0 heterocycles. The van der Waals surface area contributed by atoms with Gasteiger partial charge in [-0.15, -0.1) is 6.58 Å². The first-order valence-corrected chi connectivity index (χ1v) is 6.64. The summed E-state index contributed by atoms with van der Waals surface area (Å²) < 4.78 is 5.64. The van der Waals surface area contributed by atoms with E-state index in [4.69, 9.17) is 4.74 Å². The van der Waals surface area contributed by atoms with Gasteiger partial charge in [0.25, 0.3) is 0 Å². The van der Waals surface area contributed by atoms with Gasteiger partial charge in [-0.1, -0.05) is 43.0 Å². The van der Waals surface area contributed by atoms with Crippen LogP contribution in [0, 0.1) is 5.92 Å². The Morgan fingerprint density at radius 3 is 2.63 bits per heavy atom. The van der Waals surface area contributed by atoms with Crippen LogP contribution in [0.5, 0.6) is 0 Å². The van der Waals surface area contributed by atoms with Crippen molar-refractivity contribution in [2.45, 2.75) is 25.9 Å². The van der Waals surface area contributed by atoms with Gasteiger partial charge in [-0.2, -0.15) is 0 Å². The third kappa shape index (κ3) is 6.73. The van der Waals surface area contributed by atoms with E-state index in [1.54, 1.807) is 0 Å². The van der Waals surface area contributed by atoms with Gasteiger partial charge in [-0.3, -0.25) is 4.79 Å². The Balaban J connectivity index is 2.26. The maximum atomic E-state index is 11.4. The summed E-state index contributed by atoms with van der Waals surface area (Å²) >= 11 is 0. The summed E-state index contributed by atoms with van der Waals surface area (Å²) in [6.45, 7) is 8.52. The second-order valence-electron chi connectivity index (χ2n) is 4.59. The number of carbonyl (C=O) groups excluding carboxylic acids is 1. The lowest BCUT2D eigenvalue weighted by Gasteiger charge is -2.13. The Hall–Kier alpha value is -1.67. The molecule has 0 aliphatic heterocycles. The predicted molar refractivity (Wildman–Crippen MR) is 78.8 cm³/mol. The number of carbonyl (C=O) groups is 1. The second kappa shape index (κ2) is 9.29. The van der Waals surface area contributed by atoms with E-state index < -0.39 is 0 Å². The Kier molecular flexibility index (Phi) is 7.52. The normalized spacial score (nSPS) is 11.8. The average molecular weight is 258 g/mol. The Morgan fingerprint density at radius 1 is 1.26 bits per heavy atom. The molecule has 102 valence electrons. The molecular weight excluding hydrogens is 236 g/mol. The molecule has 0 amide bonds. The molecule has 0 saturated heterocycles. The first-order valence-electron chi connectivity index (χ1n) is 6.64. The molecule has 0 aliphatic carbocycles. The van der Waals surface area contributed by atoms with Gasteiger partial charge in [0, 0.05) is 13.0 Å². The van der Waals surface area contributed by atoms with Gasteiger partial charge < -0.3 is 4.74 Å². The van der Waals surface area contributed by atoms with E-state index in [1.807, 2.05) is 36.4 Å². The van der Waals surface area contributed by atoms with Crippen molar-refractivity contribution in [2.24, 2.45) is 5.92 Å². The first-order chi connectivity index (χ1) is 9.26. The molecule has 0 saturated carbocycles. The molecular formula is C17H22O2. The van der Waals surface area contributed by atoms with Crippen LogP contribution < -0.4 is 0 Å². The summed E-state index contributed by atoms with van der Waals surface area (Å²) in [4.78, 5) is 11.4. The van der Waals surface area contributed by atoms with E-state index in [0.717, 1.165) is 12.8 Å². The number of allylic oxidation sites excluding steroid dienone is 2. The van der Waals surface area contributed by atoms with Crippen LogP contribution in [0.25, 0.3) is 0 Å². The third-order valence-corrected chi connectivity index (χ3v) is 3.00. The van der Waals surface area contributed by atoms with Gasteiger partial charge in [0.05, 0.1) is 6.61 Å². The van der Waals surface area contributed by atoms with E-state index >= 15 is 0 Å². The molecule has 0 unspecified atom stereocenters. The number of hydrogen-bond donors (Lipinski definition) is 0. The lowest BCUT2D eigenvalue weighted by Crippen LogP contribution is -2.09. The van der Waals surface area contributed by atoms with Crippen molar-refractivity contribution >= 4 is 5.78 Å². The lowest BCUT2D eigenvalue weighted by molar-refractivity contribution is -0.115. The van der Waals surface area contributed by atoms with Gasteiger partial charge in [-0.05, 0) is 30.4 Å². The molecule has 0 aliphatic rings. The van der Waals surface area contributed by atoms with E-state index in [2.05, 4.69) is 13.2 Å². The maximum Gasteiger partial charge on any atom is 0.155 e. The molecule has 0 N–H and O–H groups in total. The van der Waals surface area contributed by atoms with E-state index in [1.165, 1.54) is 11.6 Å². The minimum atomic E-state index is 0.0925. The molecule has 19 heavy (non-hydrogen) atoms. The van der Waals surface area contributed by atoms with Crippen LogP contribution in [-0.4, -0.2) is 12.4 Å². The lowest BCUT2D eigenvalue weighted by atomic mass is 9.95. The number of hydrogen-bond acceptors (Lipinski definition) is 2. The molecule has 0 fully saturated rings. The summed E-state index contributed by atoms with van der Waals surface area (Å²) in [7, 11) is 0. The van der Waals surface area contributed by atoms with Crippen molar-refractivity contribution < 1.29 is 9.53 Å². The highest BCUT2D eigenvalue weighted by atomic mass is 16.5. The fraction of sp³-hybridized carbons (Fsp3) is 0.353. The highest BCUT2D eigenvalue weighted by Gasteiger charge is 2.10. The highest BCUT2D eigenvalue weighted by Crippen LogP contribution is 2.15. The van der Waals surface area contributed by atoms with Gasteiger partial charge in [-0.25, -0.2) is 0 Å². The van der Waals surface area contributed by atoms with E-state index in [0.29, 0.717) is 25.6 Å². The number of benzene rings is 1. The highest BCUT2D eigenvalue weighted by molar-refractivity contribution is 5.89. The standard InChI is InChI=1S/C17H22O2/c1-3-8-15(13-17(18)4-2)11-12-19-14-16-9-6-5-7-10-16/h3-7,9-10,15H,1-2,8,11-14H2/t15-/m1/s1. The molecule has 0 spiro atoms. The topological polar surface area (TPSA) is 26.3 Å². The summed E-state index contributed by atoms with van der Waals surface area (Å²) in [5.74, 6) is 0.397. The molecule has 1 aromatic carbocycles. The molecule has 2 heteroatoms. The summed E-state index contributed by atoms with van der Waals surface area (Å²) in [5, 5.41) is 0. The average Bonchev–Trinajstić information content (AvgIpc) is 2.44. The molecule has 0 bridgehead atoms. The van der Waals surface area contributed by atoms with Crippen molar-refractivity contribution in [3.05, 3.63) is 61.2 Å². The van der Waals surface area contributed by atoms with Crippen molar-refractivity contribution in [2.75, 3.05) is 6.61 Å². The number of ketones is 1. The summed E-state index contributed by atoms with van der Waals surface area (Å²) in [6.07, 6.45) is 5.50. The smallest absolute Gasteiger partial charge is 0.155 e. The van der Waals surface area contributed by atoms with Crippen molar-refractivity contribution in [1.29, 1.82) is 0 Å². The van der Waals surface area contributed by atoms with Gasteiger partial charge in [0.15, 0.2) is 5.78 Å². The summed E-state index contributed by atoms with van der Waals surface area (Å²) in [5.41, 5.74) is 1.17. The largest absolute Gasteiger partial charge is 0.377 e. The molecule has 1 aromatic rings. The van der Waals surface area contributed by atoms with Crippen LogP contribution in [-0.2, 0) is 16.1 Å². The Morgan fingerprint density at radius 2 is 2.00 bits per heavy atom. The van der Waals surface area contributed by atoms with Gasteiger partial charge in [0.1, 0.15) is 0 Å². The third-order valence-electron chi connectivity index (χ3n) is 3.00. The zero-order valence-electron chi connectivity index (χ0n) is 11.4. The number of rotatable bonds is 10. The first kappa shape index (κ1) is 15.4. The van der Waals surface area contributed by atoms with Crippen LogP contribution in [0.1, 0.15) is 24.8 Å². The van der Waals surface area contributed by atoms with Crippen LogP contribution in [0.4, 0.5) is 0 Å². The zero-order valence-corrected chi connectivity index (χ0v) is 11.4. The zero-order chi connectivity index (χ0) is 13.9. The fourth-order valence-electron chi connectivity index (χ4n) is 1.92. The minimum Gasteiger partial charge on any atom is -0.377 e. The Bertz CT molecular complexity index is 395. The molecule has 0 radical (unpaired) electrons. The SMILES string of the molecule is C=CC[C@H](CCOCc1ccccc1)CC(=O)C=C. The van der Waals surface area contributed by atoms with Crippen LogP contribution >= 0.6 is 0 Å². The van der Waals surface area contributed by atoms with Crippen LogP contribution in [0.15, 0.2) is 55.6 Å². The van der Waals surface area contributed by atoms with Crippen LogP contribution in [0.2, 0.25) is 0 Å². The summed E-state index contributed by atoms with van der Waals surface area (Å²) in [6, 6.07) is 10.1. The van der Waals surface area contributed by atoms with Gasteiger partial charge in [0.2, 0.25) is 0 Å². The fourth-order valence-corrected chi connectivity index (χ4v) is 1.92. The van der Waals surface area contributed by atoms with E-state index in [-0.39, 0.29) is 5.78 Å². The molecule has 0 aromatic heterocycles. The van der Waals surface area contributed by atoms with Crippen molar-refractivity contribution in [3.63, 3.8) is 0 Å². The molecule has 1 atom stereocenters. The monoisotopic (exact) mass is 258 g/mol. The molecule has 1 rings (SSSR count). The Labute approximate surface area is 115 Å². The van der Waals surface area contributed by atoms with Gasteiger partial charge >= 0.3 is 0 Å². The predicted octanol–water partition coefficient (Wildman–Crippen LogP) is 3.93. The molecule has 2 nitrogen and oxygen atoms in total. The van der Waals surface area contributed by atoms with Crippen LogP contribution in [0.3, 0.4) is 0 Å². The number of ether oxygens (including phenoxy) is 1. The van der Waals surface area contributed by atoms with Crippen molar-refractivity contribution in [3.8, 4) is 0 Å². The van der Waals surface area contributed by atoms with E-state index in [9.17, 15) is 4.79 Å². The van der Waals surface area contributed by atoms with Crippen molar-refractivity contribution in [1.82, 2.24) is 0 Å². The quantitative estimate of drug-likeness (QED) is 0.361. The minimum absolute atomic E-state index is 0.0925. The second-order valence-corrected chi connectivity index (χ2v) is 4.59. The maximum absolute atomic E-state index is 11.4.